The minimum Gasteiger partial charge on any atom is -0.461 e. The smallest absolute Gasteiger partial charge is 0.321 e. The first-order valence-electron chi connectivity index (χ1n) is 9.04. The summed E-state index contributed by atoms with van der Waals surface area (Å²) in [6, 6.07) is 3.15. The molecule has 0 fully saturated rings. The Morgan fingerprint density at radius 2 is 2.00 bits per heavy atom. The number of thioether (sulfide) groups is 1. The molecule has 2 rings (SSSR count). The Morgan fingerprint density at radius 3 is 2.63 bits per heavy atom. The summed E-state index contributed by atoms with van der Waals surface area (Å²) >= 11 is 1.24. The van der Waals surface area contributed by atoms with E-state index in [0.717, 1.165) is 6.42 Å². The lowest BCUT2D eigenvalue weighted by Crippen LogP contribution is -2.40. The number of nitrogens with one attached hydrogen (secondary N) is 2. The molecule has 0 aliphatic heterocycles. The molecule has 2 heterocycles. The maximum atomic E-state index is 12.0. The summed E-state index contributed by atoms with van der Waals surface area (Å²) in [6.45, 7) is 9.57. The molecular weight excluding hydrogens is 366 g/mol. The van der Waals surface area contributed by atoms with Gasteiger partial charge in [-0.3, -0.25) is 14.7 Å². The van der Waals surface area contributed by atoms with Crippen LogP contribution in [0.25, 0.3) is 11.6 Å². The number of amides is 3. The number of nitrogens with zero attached hydrogens (tertiary/aromatic N) is 3. The third-order valence-corrected chi connectivity index (χ3v) is 4.57. The topological polar surface area (TPSA) is 102 Å². The van der Waals surface area contributed by atoms with E-state index in [1.54, 1.807) is 12.3 Å². The van der Waals surface area contributed by atoms with Gasteiger partial charge in [0.15, 0.2) is 16.7 Å². The standard InChI is InChI=1S/C18H27N5O3S/c1-12(2)7-8-19-17(25)20-15(24)11-27-18-22-21-16(14-6-5-9-26-14)23(18)10-13(3)4/h5-6,9,12-13H,7-8,10-11H2,1-4H3,(H2,19,20,24,25). The van der Waals surface area contributed by atoms with Gasteiger partial charge in [-0.15, -0.1) is 10.2 Å². The van der Waals surface area contributed by atoms with Crippen molar-refractivity contribution in [3.05, 3.63) is 18.4 Å². The van der Waals surface area contributed by atoms with E-state index >= 15 is 0 Å². The highest BCUT2D eigenvalue weighted by Gasteiger charge is 2.18. The summed E-state index contributed by atoms with van der Waals surface area (Å²) in [5.74, 6) is 1.82. The zero-order valence-corrected chi connectivity index (χ0v) is 17.0. The van der Waals surface area contributed by atoms with Crippen LogP contribution in [0.2, 0.25) is 0 Å². The van der Waals surface area contributed by atoms with Crippen LogP contribution in [-0.2, 0) is 11.3 Å². The van der Waals surface area contributed by atoms with Crippen LogP contribution in [0.3, 0.4) is 0 Å². The molecule has 0 aromatic carbocycles. The van der Waals surface area contributed by atoms with Crippen molar-refractivity contribution in [3.63, 3.8) is 0 Å². The van der Waals surface area contributed by atoms with Crippen LogP contribution in [-0.4, -0.2) is 39.0 Å². The fourth-order valence-corrected chi connectivity index (χ4v) is 3.07. The molecule has 2 N–H and O–H groups in total. The first kappa shape index (κ1) is 21.0. The van der Waals surface area contributed by atoms with Gasteiger partial charge in [0.2, 0.25) is 5.91 Å². The second kappa shape index (κ2) is 10.1. The molecule has 0 bridgehead atoms. The zero-order chi connectivity index (χ0) is 19.8. The molecule has 2 aromatic heterocycles. The molecule has 0 saturated carbocycles. The highest BCUT2D eigenvalue weighted by Crippen LogP contribution is 2.25. The average molecular weight is 394 g/mol. The van der Waals surface area contributed by atoms with E-state index in [0.29, 0.717) is 41.7 Å². The lowest BCUT2D eigenvalue weighted by molar-refractivity contribution is -0.117. The quantitative estimate of drug-likeness (QED) is 0.635. The van der Waals surface area contributed by atoms with Crippen molar-refractivity contribution in [2.45, 2.75) is 45.8 Å². The van der Waals surface area contributed by atoms with E-state index < -0.39 is 6.03 Å². The van der Waals surface area contributed by atoms with Crippen molar-refractivity contribution in [1.29, 1.82) is 0 Å². The molecule has 3 amide bonds. The molecule has 0 atom stereocenters. The summed E-state index contributed by atoms with van der Waals surface area (Å²) in [5, 5.41) is 14.0. The Bertz CT molecular complexity index is 740. The largest absolute Gasteiger partial charge is 0.461 e. The van der Waals surface area contributed by atoms with Crippen molar-refractivity contribution in [3.8, 4) is 11.6 Å². The molecule has 0 saturated heterocycles. The van der Waals surface area contributed by atoms with Gasteiger partial charge in [0.05, 0.1) is 12.0 Å². The summed E-state index contributed by atoms with van der Waals surface area (Å²) in [6.07, 6.45) is 2.45. The molecular formula is C18H27N5O3S. The average Bonchev–Trinajstić information content (AvgIpc) is 3.21. The third-order valence-electron chi connectivity index (χ3n) is 3.60. The van der Waals surface area contributed by atoms with Gasteiger partial charge in [-0.05, 0) is 30.4 Å². The number of urea groups is 1. The van der Waals surface area contributed by atoms with Gasteiger partial charge in [-0.25, -0.2) is 4.79 Å². The number of hydrogen-bond acceptors (Lipinski definition) is 6. The van der Waals surface area contributed by atoms with E-state index in [1.165, 1.54) is 11.8 Å². The van der Waals surface area contributed by atoms with Crippen molar-refractivity contribution < 1.29 is 14.0 Å². The van der Waals surface area contributed by atoms with E-state index in [2.05, 4.69) is 48.5 Å². The van der Waals surface area contributed by atoms with Crippen LogP contribution in [0.15, 0.2) is 28.0 Å². The van der Waals surface area contributed by atoms with Gasteiger partial charge in [0, 0.05) is 13.1 Å². The molecule has 0 spiro atoms. The monoisotopic (exact) mass is 393 g/mol. The minimum atomic E-state index is -0.471. The number of furan rings is 1. The normalized spacial score (nSPS) is 11.2. The second-order valence-corrected chi connectivity index (χ2v) is 8.01. The van der Waals surface area contributed by atoms with Gasteiger partial charge in [-0.2, -0.15) is 0 Å². The Labute approximate surface area is 163 Å². The van der Waals surface area contributed by atoms with Crippen LogP contribution in [0.5, 0.6) is 0 Å². The third kappa shape index (κ3) is 6.74. The molecule has 0 aliphatic rings. The van der Waals surface area contributed by atoms with Crippen LogP contribution in [0.1, 0.15) is 34.1 Å². The summed E-state index contributed by atoms with van der Waals surface area (Å²) in [7, 11) is 0. The van der Waals surface area contributed by atoms with Crippen LogP contribution in [0, 0.1) is 11.8 Å². The van der Waals surface area contributed by atoms with Gasteiger partial charge in [-0.1, -0.05) is 39.5 Å². The van der Waals surface area contributed by atoms with Crippen LogP contribution < -0.4 is 10.6 Å². The van der Waals surface area contributed by atoms with E-state index in [1.807, 2.05) is 10.6 Å². The Kier molecular flexibility index (Phi) is 7.90. The van der Waals surface area contributed by atoms with Crippen LogP contribution >= 0.6 is 11.8 Å². The lowest BCUT2D eigenvalue weighted by atomic mass is 10.1. The van der Waals surface area contributed by atoms with Gasteiger partial charge in [0.1, 0.15) is 0 Å². The van der Waals surface area contributed by atoms with Gasteiger partial charge in [0.25, 0.3) is 0 Å². The molecule has 27 heavy (non-hydrogen) atoms. The highest BCUT2D eigenvalue weighted by molar-refractivity contribution is 7.99. The number of hydrogen-bond donors (Lipinski definition) is 2. The maximum Gasteiger partial charge on any atom is 0.321 e. The second-order valence-electron chi connectivity index (χ2n) is 7.06. The molecule has 2 aromatic rings. The number of carbonyl (C=O) groups is 2. The van der Waals surface area contributed by atoms with E-state index in [4.69, 9.17) is 4.42 Å². The molecule has 148 valence electrons. The Morgan fingerprint density at radius 1 is 1.22 bits per heavy atom. The first-order chi connectivity index (χ1) is 12.9. The van der Waals surface area contributed by atoms with Crippen LogP contribution in [0.4, 0.5) is 4.79 Å². The predicted octanol–water partition coefficient (Wildman–Crippen LogP) is 3.16. The van der Waals surface area contributed by atoms with Crippen molar-refractivity contribution in [1.82, 2.24) is 25.4 Å². The molecule has 0 unspecified atom stereocenters. The van der Waals surface area contributed by atoms with Gasteiger partial charge < -0.3 is 9.73 Å². The SMILES string of the molecule is CC(C)CCNC(=O)NC(=O)CSc1nnc(-c2ccco2)n1CC(C)C. The van der Waals surface area contributed by atoms with E-state index in [9.17, 15) is 9.59 Å². The van der Waals surface area contributed by atoms with Crippen molar-refractivity contribution >= 4 is 23.7 Å². The minimum absolute atomic E-state index is 0.0754. The van der Waals surface area contributed by atoms with Crippen molar-refractivity contribution in [2.75, 3.05) is 12.3 Å². The van der Waals surface area contributed by atoms with E-state index in [-0.39, 0.29) is 11.7 Å². The number of carbonyl (C=O) groups excluding carboxylic acids is 2. The predicted molar refractivity (Wildman–Crippen MR) is 104 cm³/mol. The fraction of sp³-hybridized carbons (Fsp3) is 0.556. The number of rotatable bonds is 9. The highest BCUT2D eigenvalue weighted by atomic mass is 32.2. The lowest BCUT2D eigenvalue weighted by Gasteiger charge is -2.11. The number of imide groups is 1. The molecule has 8 nitrogen and oxygen atoms in total. The molecule has 0 aliphatic carbocycles. The first-order valence-corrected chi connectivity index (χ1v) is 10.0. The molecule has 9 heteroatoms. The molecule has 0 radical (unpaired) electrons. The fourth-order valence-electron chi connectivity index (χ4n) is 2.32. The summed E-state index contributed by atoms with van der Waals surface area (Å²) in [5.41, 5.74) is 0. The Balaban J connectivity index is 1.93. The summed E-state index contributed by atoms with van der Waals surface area (Å²) < 4.78 is 7.36. The number of aromatic nitrogens is 3. The van der Waals surface area contributed by atoms with Gasteiger partial charge >= 0.3 is 6.03 Å². The van der Waals surface area contributed by atoms with Crippen molar-refractivity contribution in [2.24, 2.45) is 11.8 Å². The maximum absolute atomic E-state index is 12.0. The summed E-state index contributed by atoms with van der Waals surface area (Å²) in [4.78, 5) is 23.7. The zero-order valence-electron chi connectivity index (χ0n) is 16.2. The Hall–Kier alpha value is -2.29.